The normalized spacial score (nSPS) is 15.2. The number of hydrogen-bond acceptors (Lipinski definition) is 3. The van der Waals surface area contributed by atoms with E-state index < -0.39 is 0 Å². The lowest BCUT2D eigenvalue weighted by Crippen LogP contribution is -2.48. The molecule has 0 aliphatic carbocycles. The van der Waals surface area contributed by atoms with E-state index in [-0.39, 0.29) is 5.91 Å². The van der Waals surface area contributed by atoms with Gasteiger partial charge < -0.3 is 9.64 Å². The van der Waals surface area contributed by atoms with Gasteiger partial charge in [0.15, 0.2) is 0 Å². The highest BCUT2D eigenvalue weighted by Gasteiger charge is 2.21. The Morgan fingerprint density at radius 3 is 2.07 bits per heavy atom. The van der Waals surface area contributed by atoms with Crippen LogP contribution in [0.25, 0.3) is 0 Å². The van der Waals surface area contributed by atoms with Crippen molar-refractivity contribution in [1.29, 1.82) is 0 Å². The highest BCUT2D eigenvalue weighted by Crippen LogP contribution is 2.17. The molecule has 1 fully saturated rings. The van der Waals surface area contributed by atoms with Crippen LogP contribution in [0.5, 0.6) is 5.75 Å². The Morgan fingerprint density at radius 2 is 1.52 bits per heavy atom. The third kappa shape index (κ3) is 5.33. The first-order valence-corrected chi connectivity index (χ1v) is 9.77. The summed E-state index contributed by atoms with van der Waals surface area (Å²) in [5.74, 6) is 1.60. The number of ether oxygens (including phenoxy) is 1. The minimum atomic E-state index is 0.209. The molecule has 0 aromatic heterocycles. The number of hydrogen-bond donors (Lipinski definition) is 0. The van der Waals surface area contributed by atoms with E-state index in [0.29, 0.717) is 12.3 Å². The molecule has 1 amide bonds. The highest BCUT2D eigenvalue weighted by molar-refractivity contribution is 5.79. The van der Waals surface area contributed by atoms with Crippen molar-refractivity contribution in [2.75, 3.05) is 33.3 Å². The molecule has 1 aliphatic heterocycles. The van der Waals surface area contributed by atoms with Crippen molar-refractivity contribution in [3.63, 3.8) is 0 Å². The summed E-state index contributed by atoms with van der Waals surface area (Å²) in [6.07, 6.45) is 0.459. The SMILES string of the molecule is COc1ccc(CC(=O)N2CCN(Cc3ccc(C(C)C)cc3)CC2)cc1. The number of benzene rings is 2. The van der Waals surface area contributed by atoms with E-state index in [1.165, 1.54) is 11.1 Å². The Labute approximate surface area is 162 Å². The molecular formula is C23H30N2O2. The number of rotatable bonds is 6. The number of amides is 1. The summed E-state index contributed by atoms with van der Waals surface area (Å²) < 4.78 is 5.17. The van der Waals surface area contributed by atoms with Gasteiger partial charge in [-0.2, -0.15) is 0 Å². The van der Waals surface area contributed by atoms with Gasteiger partial charge in [0, 0.05) is 32.7 Å². The molecule has 4 nitrogen and oxygen atoms in total. The van der Waals surface area contributed by atoms with E-state index >= 15 is 0 Å². The predicted octanol–water partition coefficient (Wildman–Crippen LogP) is 3.71. The minimum Gasteiger partial charge on any atom is -0.497 e. The van der Waals surface area contributed by atoms with Crippen molar-refractivity contribution in [2.45, 2.75) is 32.7 Å². The molecule has 0 saturated carbocycles. The zero-order valence-electron chi connectivity index (χ0n) is 16.6. The molecule has 2 aromatic rings. The third-order valence-electron chi connectivity index (χ3n) is 5.29. The minimum absolute atomic E-state index is 0.209. The van der Waals surface area contributed by atoms with Gasteiger partial charge in [-0.05, 0) is 34.7 Å². The number of carbonyl (C=O) groups is 1. The molecule has 27 heavy (non-hydrogen) atoms. The summed E-state index contributed by atoms with van der Waals surface area (Å²) in [5.41, 5.74) is 3.76. The lowest BCUT2D eigenvalue weighted by Gasteiger charge is -2.35. The molecule has 1 heterocycles. The van der Waals surface area contributed by atoms with Crippen LogP contribution >= 0.6 is 0 Å². The molecule has 0 bridgehead atoms. The zero-order valence-corrected chi connectivity index (χ0v) is 16.6. The number of methoxy groups -OCH3 is 1. The van der Waals surface area contributed by atoms with E-state index in [0.717, 1.165) is 44.0 Å². The summed E-state index contributed by atoms with van der Waals surface area (Å²) in [4.78, 5) is 17.0. The topological polar surface area (TPSA) is 32.8 Å². The van der Waals surface area contributed by atoms with Gasteiger partial charge in [0.1, 0.15) is 5.75 Å². The largest absolute Gasteiger partial charge is 0.497 e. The Kier molecular flexibility index (Phi) is 6.51. The van der Waals surface area contributed by atoms with Crippen LogP contribution in [0, 0.1) is 0 Å². The second-order valence-corrected chi connectivity index (χ2v) is 7.58. The predicted molar refractivity (Wildman–Crippen MR) is 109 cm³/mol. The van der Waals surface area contributed by atoms with E-state index in [4.69, 9.17) is 4.74 Å². The van der Waals surface area contributed by atoms with Gasteiger partial charge in [-0.3, -0.25) is 9.69 Å². The first-order chi connectivity index (χ1) is 13.0. The molecule has 3 rings (SSSR count). The summed E-state index contributed by atoms with van der Waals surface area (Å²) in [5, 5.41) is 0. The van der Waals surface area contributed by atoms with Crippen molar-refractivity contribution < 1.29 is 9.53 Å². The maximum Gasteiger partial charge on any atom is 0.227 e. The summed E-state index contributed by atoms with van der Waals surface area (Å²) in [6, 6.07) is 16.7. The van der Waals surface area contributed by atoms with Crippen LogP contribution in [0.15, 0.2) is 48.5 Å². The number of nitrogens with zero attached hydrogens (tertiary/aromatic N) is 2. The number of piperazine rings is 1. The average molecular weight is 367 g/mol. The fourth-order valence-corrected chi connectivity index (χ4v) is 3.45. The maximum atomic E-state index is 12.6. The van der Waals surface area contributed by atoms with Crippen LogP contribution in [0.4, 0.5) is 0 Å². The molecule has 0 unspecified atom stereocenters. The lowest BCUT2D eigenvalue weighted by molar-refractivity contribution is -0.132. The molecule has 144 valence electrons. The first-order valence-electron chi connectivity index (χ1n) is 9.77. The molecule has 0 atom stereocenters. The average Bonchev–Trinajstić information content (AvgIpc) is 2.69. The Hall–Kier alpha value is -2.33. The molecule has 0 N–H and O–H groups in total. The fraction of sp³-hybridized carbons (Fsp3) is 0.435. The molecule has 4 heteroatoms. The number of carbonyl (C=O) groups excluding carboxylic acids is 1. The molecule has 1 saturated heterocycles. The van der Waals surface area contributed by atoms with Gasteiger partial charge >= 0.3 is 0 Å². The first kappa shape index (κ1) is 19.4. The van der Waals surface area contributed by atoms with Crippen LogP contribution in [0.3, 0.4) is 0 Å². The zero-order chi connectivity index (χ0) is 19.2. The van der Waals surface area contributed by atoms with Crippen molar-refractivity contribution in [2.24, 2.45) is 0 Å². The van der Waals surface area contributed by atoms with E-state index in [1.54, 1.807) is 7.11 Å². The summed E-state index contributed by atoms with van der Waals surface area (Å²) >= 11 is 0. The van der Waals surface area contributed by atoms with Crippen LogP contribution in [-0.4, -0.2) is 49.0 Å². The Morgan fingerprint density at radius 1 is 0.926 bits per heavy atom. The molecular weight excluding hydrogens is 336 g/mol. The van der Waals surface area contributed by atoms with Crippen molar-refractivity contribution in [1.82, 2.24) is 9.80 Å². The highest BCUT2D eigenvalue weighted by atomic mass is 16.5. The van der Waals surface area contributed by atoms with Crippen LogP contribution in [-0.2, 0) is 17.8 Å². The van der Waals surface area contributed by atoms with E-state index in [2.05, 4.69) is 43.0 Å². The molecule has 0 spiro atoms. The second kappa shape index (κ2) is 9.05. The van der Waals surface area contributed by atoms with Crippen LogP contribution < -0.4 is 4.74 Å². The van der Waals surface area contributed by atoms with Crippen molar-refractivity contribution in [3.8, 4) is 5.75 Å². The molecule has 1 aliphatic rings. The second-order valence-electron chi connectivity index (χ2n) is 7.58. The van der Waals surface area contributed by atoms with E-state index in [9.17, 15) is 4.79 Å². The van der Waals surface area contributed by atoms with Crippen LogP contribution in [0.2, 0.25) is 0 Å². The van der Waals surface area contributed by atoms with Gasteiger partial charge in [-0.15, -0.1) is 0 Å². The van der Waals surface area contributed by atoms with Gasteiger partial charge in [-0.25, -0.2) is 0 Å². The van der Waals surface area contributed by atoms with Gasteiger partial charge in [0.05, 0.1) is 13.5 Å². The maximum absolute atomic E-state index is 12.6. The van der Waals surface area contributed by atoms with Gasteiger partial charge in [0.2, 0.25) is 5.91 Å². The van der Waals surface area contributed by atoms with Crippen molar-refractivity contribution in [3.05, 3.63) is 65.2 Å². The quantitative estimate of drug-likeness (QED) is 0.781. The molecule has 0 radical (unpaired) electrons. The van der Waals surface area contributed by atoms with Gasteiger partial charge in [0.25, 0.3) is 0 Å². The summed E-state index contributed by atoms with van der Waals surface area (Å²) in [6.45, 7) is 8.87. The third-order valence-corrected chi connectivity index (χ3v) is 5.29. The Bertz CT molecular complexity index is 730. The monoisotopic (exact) mass is 366 g/mol. The summed E-state index contributed by atoms with van der Waals surface area (Å²) in [7, 11) is 1.65. The van der Waals surface area contributed by atoms with Gasteiger partial charge in [-0.1, -0.05) is 50.2 Å². The van der Waals surface area contributed by atoms with Crippen molar-refractivity contribution >= 4 is 5.91 Å². The van der Waals surface area contributed by atoms with E-state index in [1.807, 2.05) is 29.2 Å². The molecule has 2 aromatic carbocycles. The smallest absolute Gasteiger partial charge is 0.227 e. The lowest BCUT2D eigenvalue weighted by atomic mass is 10.0. The Balaban J connectivity index is 1.46. The standard InChI is InChI=1S/C23H30N2O2/c1-18(2)21-8-4-20(5-9-21)17-24-12-14-25(15-13-24)23(26)16-19-6-10-22(27-3)11-7-19/h4-11,18H,12-17H2,1-3H3. The fourth-order valence-electron chi connectivity index (χ4n) is 3.45. The van der Waals surface area contributed by atoms with Crippen LogP contribution in [0.1, 0.15) is 36.5 Å².